The van der Waals surface area contributed by atoms with Crippen molar-refractivity contribution in [3.8, 4) is 11.5 Å². The molecule has 154 valence electrons. The van der Waals surface area contributed by atoms with Gasteiger partial charge in [0.2, 0.25) is 5.91 Å². The Morgan fingerprint density at radius 3 is 2.57 bits per heavy atom. The average Bonchev–Trinajstić information content (AvgIpc) is 2.72. The van der Waals surface area contributed by atoms with Crippen molar-refractivity contribution in [2.24, 2.45) is 0 Å². The van der Waals surface area contributed by atoms with Gasteiger partial charge in [-0.25, -0.2) is 4.98 Å². The molecule has 1 aliphatic heterocycles. The molecule has 1 aromatic heterocycles. The lowest BCUT2D eigenvalue weighted by Gasteiger charge is -2.25. The highest BCUT2D eigenvalue weighted by molar-refractivity contribution is 5.94. The predicted molar refractivity (Wildman–Crippen MR) is 113 cm³/mol. The number of nitrogens with zero attached hydrogens (tertiary/aromatic N) is 1. The van der Waals surface area contributed by atoms with Gasteiger partial charge in [0.15, 0.2) is 11.5 Å². The second-order valence-corrected chi connectivity index (χ2v) is 7.40. The number of anilines is 1. The fourth-order valence-corrected chi connectivity index (χ4v) is 3.63. The molecule has 0 aliphatic carbocycles. The molecule has 0 saturated carbocycles. The molecule has 30 heavy (non-hydrogen) atoms. The minimum atomic E-state index is -0.411. The van der Waals surface area contributed by atoms with E-state index in [1.54, 1.807) is 14.0 Å². The van der Waals surface area contributed by atoms with E-state index in [0.717, 1.165) is 11.1 Å². The van der Waals surface area contributed by atoms with Gasteiger partial charge in [-0.05, 0) is 37.1 Å². The van der Waals surface area contributed by atoms with Crippen LogP contribution >= 0.6 is 0 Å². The summed E-state index contributed by atoms with van der Waals surface area (Å²) in [6, 6.07) is 13.6. The minimum Gasteiger partial charge on any atom is -0.493 e. The number of fused-ring (bicyclic) bond motifs is 1. The quantitative estimate of drug-likeness (QED) is 0.678. The number of aromatic nitrogens is 2. The van der Waals surface area contributed by atoms with Gasteiger partial charge in [0, 0.05) is 12.3 Å². The number of aromatic amines is 1. The number of rotatable bonds is 5. The Balaban J connectivity index is 1.64. The zero-order chi connectivity index (χ0) is 21.3. The highest BCUT2D eigenvalue weighted by Crippen LogP contribution is 2.38. The fraction of sp³-hybridized carbons (Fsp3) is 0.261. The maximum atomic E-state index is 12.6. The van der Waals surface area contributed by atoms with Crippen molar-refractivity contribution in [1.29, 1.82) is 0 Å². The molecular formula is C23H23N3O4. The van der Waals surface area contributed by atoms with Crippen molar-refractivity contribution in [1.82, 2.24) is 9.97 Å². The molecule has 2 aromatic carbocycles. The van der Waals surface area contributed by atoms with E-state index in [2.05, 4.69) is 15.3 Å². The zero-order valence-electron chi connectivity index (χ0n) is 17.1. The van der Waals surface area contributed by atoms with Gasteiger partial charge in [0.05, 0.1) is 12.7 Å². The van der Waals surface area contributed by atoms with Gasteiger partial charge in [0.1, 0.15) is 18.2 Å². The van der Waals surface area contributed by atoms with Crippen LogP contribution in [0.15, 0.2) is 47.3 Å². The highest BCUT2D eigenvalue weighted by atomic mass is 16.5. The van der Waals surface area contributed by atoms with Crippen molar-refractivity contribution >= 4 is 11.7 Å². The molecule has 2 N–H and O–H groups in total. The Labute approximate surface area is 174 Å². The molecule has 1 aliphatic rings. The number of amides is 1. The number of aryl methyl sites for hydroxylation is 2. The first-order valence-electron chi connectivity index (χ1n) is 9.71. The summed E-state index contributed by atoms with van der Waals surface area (Å²) in [6.45, 7) is 4.13. The number of hydrogen-bond acceptors (Lipinski definition) is 5. The highest BCUT2D eigenvalue weighted by Gasteiger charge is 2.31. The number of ether oxygens (including phenoxy) is 2. The largest absolute Gasteiger partial charge is 0.493 e. The first-order valence-corrected chi connectivity index (χ1v) is 9.71. The van der Waals surface area contributed by atoms with Gasteiger partial charge in [-0.3, -0.25) is 9.59 Å². The van der Waals surface area contributed by atoms with Crippen LogP contribution in [0.4, 0.5) is 5.82 Å². The number of carbonyl (C=O) groups is 1. The van der Waals surface area contributed by atoms with Crippen LogP contribution in [0.25, 0.3) is 0 Å². The molecule has 0 saturated heterocycles. The molecule has 1 unspecified atom stereocenters. The van der Waals surface area contributed by atoms with Gasteiger partial charge in [-0.15, -0.1) is 0 Å². The molecule has 7 nitrogen and oxygen atoms in total. The topological polar surface area (TPSA) is 93.3 Å². The van der Waals surface area contributed by atoms with Crippen LogP contribution in [-0.4, -0.2) is 23.0 Å². The summed E-state index contributed by atoms with van der Waals surface area (Å²) in [5.41, 5.74) is 3.24. The number of benzene rings is 2. The summed E-state index contributed by atoms with van der Waals surface area (Å²) in [5, 5.41) is 2.70. The molecule has 3 aromatic rings. The van der Waals surface area contributed by atoms with Gasteiger partial charge < -0.3 is 19.8 Å². The van der Waals surface area contributed by atoms with E-state index < -0.39 is 5.92 Å². The number of H-pyrrole nitrogens is 1. The molecule has 4 rings (SSSR count). The van der Waals surface area contributed by atoms with Crippen LogP contribution in [-0.2, 0) is 11.4 Å². The summed E-state index contributed by atoms with van der Waals surface area (Å²) in [7, 11) is 1.57. The summed E-state index contributed by atoms with van der Waals surface area (Å²) < 4.78 is 11.5. The number of nitrogens with one attached hydrogen (secondary N) is 2. The molecule has 2 heterocycles. The standard InChI is InChI=1S/C23H23N3O4/c1-13-4-6-15(7-5-13)12-30-18-9-8-16(10-19(18)29-3)17-11-20(27)26-22-21(17)23(28)25-14(2)24-22/h4-10,17H,11-12H2,1-3H3,(H2,24,25,26,27,28). The summed E-state index contributed by atoms with van der Waals surface area (Å²) in [5.74, 6) is 1.32. The minimum absolute atomic E-state index is 0.160. The summed E-state index contributed by atoms with van der Waals surface area (Å²) in [4.78, 5) is 31.8. The predicted octanol–water partition coefficient (Wildman–Crippen LogP) is 3.45. The van der Waals surface area contributed by atoms with Crippen molar-refractivity contribution in [2.45, 2.75) is 32.8 Å². The Morgan fingerprint density at radius 1 is 1.07 bits per heavy atom. The SMILES string of the molecule is COc1cc(C2CC(=O)Nc3nc(C)[nH]c(=O)c32)ccc1OCc1ccc(C)cc1. The van der Waals surface area contributed by atoms with Crippen molar-refractivity contribution in [3.63, 3.8) is 0 Å². The first-order chi connectivity index (χ1) is 14.4. The molecule has 1 atom stereocenters. The molecule has 7 heteroatoms. The Kier molecular flexibility index (Phi) is 5.27. The van der Waals surface area contributed by atoms with E-state index in [1.807, 2.05) is 49.4 Å². The molecule has 0 radical (unpaired) electrons. The number of hydrogen-bond donors (Lipinski definition) is 2. The fourth-order valence-electron chi connectivity index (χ4n) is 3.63. The van der Waals surface area contributed by atoms with E-state index in [0.29, 0.717) is 35.3 Å². The van der Waals surface area contributed by atoms with Crippen LogP contribution < -0.4 is 20.3 Å². The van der Waals surface area contributed by atoms with E-state index in [1.165, 1.54) is 5.56 Å². The molecular weight excluding hydrogens is 382 g/mol. The van der Waals surface area contributed by atoms with Crippen LogP contribution in [0.3, 0.4) is 0 Å². The number of carbonyl (C=O) groups excluding carboxylic acids is 1. The smallest absolute Gasteiger partial charge is 0.256 e. The van der Waals surface area contributed by atoms with E-state index in [4.69, 9.17) is 9.47 Å². The summed E-state index contributed by atoms with van der Waals surface area (Å²) >= 11 is 0. The van der Waals surface area contributed by atoms with E-state index >= 15 is 0 Å². The summed E-state index contributed by atoms with van der Waals surface area (Å²) in [6.07, 6.45) is 0.160. The van der Waals surface area contributed by atoms with Gasteiger partial charge >= 0.3 is 0 Å². The van der Waals surface area contributed by atoms with Crippen LogP contribution in [0.1, 0.15) is 40.4 Å². The third-order valence-electron chi connectivity index (χ3n) is 5.17. The third-order valence-corrected chi connectivity index (χ3v) is 5.17. The van der Waals surface area contributed by atoms with E-state index in [9.17, 15) is 9.59 Å². The van der Waals surface area contributed by atoms with Gasteiger partial charge in [0.25, 0.3) is 5.56 Å². The van der Waals surface area contributed by atoms with Crippen molar-refractivity contribution in [3.05, 3.63) is 80.9 Å². The normalized spacial score (nSPS) is 15.3. The van der Waals surface area contributed by atoms with Crippen molar-refractivity contribution < 1.29 is 14.3 Å². The lowest BCUT2D eigenvalue weighted by molar-refractivity contribution is -0.116. The number of methoxy groups -OCH3 is 1. The third kappa shape index (κ3) is 3.91. The Morgan fingerprint density at radius 2 is 1.83 bits per heavy atom. The molecule has 1 amide bonds. The Hall–Kier alpha value is -3.61. The second-order valence-electron chi connectivity index (χ2n) is 7.40. The second kappa shape index (κ2) is 8.02. The molecule has 0 bridgehead atoms. The lowest BCUT2D eigenvalue weighted by atomic mass is 9.86. The maximum absolute atomic E-state index is 12.6. The monoisotopic (exact) mass is 405 g/mol. The van der Waals surface area contributed by atoms with E-state index in [-0.39, 0.29) is 17.9 Å². The van der Waals surface area contributed by atoms with Gasteiger partial charge in [-0.1, -0.05) is 35.9 Å². The zero-order valence-corrected chi connectivity index (χ0v) is 17.1. The Bertz CT molecular complexity index is 1150. The maximum Gasteiger partial charge on any atom is 0.256 e. The van der Waals surface area contributed by atoms with Crippen LogP contribution in [0.5, 0.6) is 11.5 Å². The molecule has 0 fully saturated rings. The lowest BCUT2D eigenvalue weighted by Crippen LogP contribution is -2.31. The van der Waals surface area contributed by atoms with Crippen LogP contribution in [0.2, 0.25) is 0 Å². The average molecular weight is 405 g/mol. The molecule has 0 spiro atoms. The van der Waals surface area contributed by atoms with Crippen molar-refractivity contribution in [2.75, 3.05) is 12.4 Å². The van der Waals surface area contributed by atoms with Crippen LogP contribution in [0, 0.1) is 13.8 Å². The first kappa shape index (κ1) is 19.7. The van der Waals surface area contributed by atoms with Gasteiger partial charge in [-0.2, -0.15) is 0 Å².